The third-order valence-electron chi connectivity index (χ3n) is 1.67. The molecule has 1 aromatic carbocycles. The zero-order chi connectivity index (χ0) is 13.3. The summed E-state index contributed by atoms with van der Waals surface area (Å²) in [5.74, 6) is -0.855. The van der Waals surface area contributed by atoms with Crippen molar-refractivity contribution < 1.29 is 34.8 Å². The zero-order valence-electron chi connectivity index (χ0n) is 8.03. The first-order valence-corrected chi connectivity index (χ1v) is 5.39. The molecule has 1 aromatic rings. The van der Waals surface area contributed by atoms with Gasteiger partial charge in [0.1, 0.15) is 5.75 Å². The monoisotopic (exact) mass is 274 g/mol. The van der Waals surface area contributed by atoms with Crippen molar-refractivity contribution in [2.75, 3.05) is 0 Å². The van der Waals surface area contributed by atoms with Crippen molar-refractivity contribution in [3.63, 3.8) is 0 Å². The highest BCUT2D eigenvalue weighted by molar-refractivity contribution is 7.81. The van der Waals surface area contributed by atoms with Gasteiger partial charge >= 0.3 is 16.7 Å². The number of aliphatic hydroxyl groups is 1. The Kier molecular flexibility index (Phi) is 3.62. The Morgan fingerprint density at radius 1 is 1.24 bits per heavy atom. The summed E-state index contributed by atoms with van der Waals surface area (Å²) in [5, 5.41) is 8.68. The molecule has 0 fully saturated rings. The maximum Gasteiger partial charge on any atom is 0.488 e. The molecule has 9 heteroatoms. The predicted octanol–water partition coefficient (Wildman–Crippen LogP) is 1.79. The predicted molar refractivity (Wildman–Crippen MR) is 48.0 cm³/mol. The lowest BCUT2D eigenvalue weighted by Gasteiger charge is -2.10. The molecule has 1 N–H and O–H groups in total. The third kappa shape index (κ3) is 4.19. The Bertz CT molecular complexity index is 509. The van der Waals surface area contributed by atoms with Gasteiger partial charge in [-0.05, 0) is 23.8 Å². The summed E-state index contributed by atoms with van der Waals surface area (Å²) in [6.45, 7) is -0.771. The average Bonchev–Trinajstić information content (AvgIpc) is 2.13. The number of benzene rings is 1. The summed E-state index contributed by atoms with van der Waals surface area (Å²) >= 11 is 0. The molecule has 4 nitrogen and oxygen atoms in total. The van der Waals surface area contributed by atoms with Crippen LogP contribution in [0.25, 0.3) is 0 Å². The Hall–Kier alpha value is -1.35. The van der Waals surface area contributed by atoms with Gasteiger partial charge in [-0.1, -0.05) is 3.89 Å². The third-order valence-corrected chi connectivity index (χ3v) is 2.06. The van der Waals surface area contributed by atoms with Crippen LogP contribution in [-0.4, -0.2) is 13.5 Å². The Labute approximate surface area is 93.9 Å². The van der Waals surface area contributed by atoms with Gasteiger partial charge in [0.2, 0.25) is 0 Å². The molecule has 0 saturated carbocycles. The van der Waals surface area contributed by atoms with Crippen molar-refractivity contribution in [3.05, 3.63) is 29.3 Å². The fourth-order valence-electron chi connectivity index (χ4n) is 1.08. The molecular weight excluding hydrogens is 268 g/mol. The van der Waals surface area contributed by atoms with Crippen molar-refractivity contribution in [1.82, 2.24) is 0 Å². The zero-order valence-corrected chi connectivity index (χ0v) is 8.85. The van der Waals surface area contributed by atoms with Gasteiger partial charge in [0, 0.05) is 0 Å². The molecule has 0 spiro atoms. The molecule has 0 aliphatic carbocycles. The van der Waals surface area contributed by atoms with Gasteiger partial charge in [-0.15, -0.1) is 0 Å². The maximum absolute atomic E-state index is 12.3. The van der Waals surface area contributed by atoms with E-state index in [1.165, 1.54) is 0 Å². The van der Waals surface area contributed by atoms with Crippen molar-refractivity contribution in [3.8, 4) is 5.75 Å². The second-order valence-electron chi connectivity index (χ2n) is 3.00. The van der Waals surface area contributed by atoms with Crippen LogP contribution in [0.2, 0.25) is 0 Å². The summed E-state index contributed by atoms with van der Waals surface area (Å²) in [6.07, 6.45) is -4.76. The van der Waals surface area contributed by atoms with Crippen LogP contribution in [-0.2, 0) is 23.3 Å². The molecule has 0 saturated heterocycles. The highest BCUT2D eigenvalue weighted by Gasteiger charge is 2.31. The molecule has 0 bridgehead atoms. The van der Waals surface area contributed by atoms with Crippen LogP contribution in [0.15, 0.2) is 18.2 Å². The van der Waals surface area contributed by atoms with Gasteiger partial charge in [0.05, 0.1) is 12.2 Å². The summed E-state index contributed by atoms with van der Waals surface area (Å²) < 4.78 is 73.1. The van der Waals surface area contributed by atoms with Crippen LogP contribution in [0.3, 0.4) is 0 Å². The molecule has 0 unspecified atom stereocenters. The van der Waals surface area contributed by atoms with E-state index >= 15 is 0 Å². The van der Waals surface area contributed by atoms with Crippen molar-refractivity contribution in [1.29, 1.82) is 0 Å². The van der Waals surface area contributed by atoms with Crippen LogP contribution in [0.1, 0.15) is 11.1 Å². The smallest absolute Gasteiger partial charge is 0.392 e. The maximum atomic E-state index is 12.3. The highest BCUT2D eigenvalue weighted by Crippen LogP contribution is 2.33. The van der Waals surface area contributed by atoms with Crippen LogP contribution >= 0.6 is 0 Å². The molecule has 0 aliphatic heterocycles. The first-order valence-electron chi connectivity index (χ1n) is 4.08. The summed E-state index contributed by atoms with van der Waals surface area (Å²) in [7, 11) is -5.41. The topological polar surface area (TPSA) is 63.6 Å². The number of hydrogen-bond acceptors (Lipinski definition) is 4. The van der Waals surface area contributed by atoms with E-state index in [0.717, 1.165) is 6.07 Å². The number of hydrogen-bond donors (Lipinski definition) is 1. The number of halogens is 4. The molecule has 0 amide bonds. The Balaban J connectivity index is 3.24. The molecule has 0 atom stereocenters. The Morgan fingerprint density at radius 2 is 1.82 bits per heavy atom. The molecule has 0 aromatic heterocycles. The minimum absolute atomic E-state index is 0.251. The minimum atomic E-state index is -5.41. The fraction of sp³-hybridized carbons (Fsp3) is 0.250. The number of alkyl halides is 3. The SMILES string of the molecule is O=S(=O)(F)Oc1cc(CO)cc(C(F)(F)F)c1. The molecule has 0 radical (unpaired) electrons. The molecule has 0 heterocycles. The van der Waals surface area contributed by atoms with Crippen LogP contribution in [0, 0.1) is 0 Å². The van der Waals surface area contributed by atoms with Crippen LogP contribution < -0.4 is 4.18 Å². The normalized spacial score (nSPS) is 12.5. The van der Waals surface area contributed by atoms with Crippen LogP contribution in [0.5, 0.6) is 5.75 Å². The van der Waals surface area contributed by atoms with E-state index in [1.807, 2.05) is 0 Å². The molecule has 0 aliphatic rings. The number of rotatable bonds is 3. The minimum Gasteiger partial charge on any atom is -0.392 e. The van der Waals surface area contributed by atoms with Gasteiger partial charge in [0.15, 0.2) is 0 Å². The van der Waals surface area contributed by atoms with E-state index in [2.05, 4.69) is 4.18 Å². The molecule has 17 heavy (non-hydrogen) atoms. The lowest BCUT2D eigenvalue weighted by atomic mass is 10.1. The second kappa shape index (κ2) is 4.49. The van der Waals surface area contributed by atoms with Crippen molar-refractivity contribution in [2.24, 2.45) is 0 Å². The Morgan fingerprint density at radius 3 is 2.24 bits per heavy atom. The molecule has 96 valence electrons. The van der Waals surface area contributed by atoms with E-state index in [4.69, 9.17) is 5.11 Å². The van der Waals surface area contributed by atoms with Crippen molar-refractivity contribution in [2.45, 2.75) is 12.8 Å². The quantitative estimate of drug-likeness (QED) is 0.674. The van der Waals surface area contributed by atoms with Crippen LogP contribution in [0.4, 0.5) is 17.1 Å². The molecular formula is C8H6F4O4S. The number of aliphatic hydroxyl groups excluding tert-OH is 1. The van der Waals surface area contributed by atoms with E-state index in [1.54, 1.807) is 0 Å². The van der Waals surface area contributed by atoms with Gasteiger partial charge in [0.25, 0.3) is 0 Å². The second-order valence-corrected chi connectivity index (χ2v) is 3.95. The van der Waals surface area contributed by atoms with E-state index < -0.39 is 34.6 Å². The van der Waals surface area contributed by atoms with Crippen molar-refractivity contribution >= 4 is 10.5 Å². The van der Waals surface area contributed by atoms with Gasteiger partial charge < -0.3 is 9.29 Å². The summed E-state index contributed by atoms with van der Waals surface area (Å²) in [4.78, 5) is 0. The van der Waals surface area contributed by atoms with Gasteiger partial charge in [-0.3, -0.25) is 0 Å². The summed E-state index contributed by atoms with van der Waals surface area (Å²) in [6, 6.07) is 1.69. The largest absolute Gasteiger partial charge is 0.488 e. The lowest BCUT2D eigenvalue weighted by molar-refractivity contribution is -0.137. The fourth-order valence-corrected chi connectivity index (χ4v) is 1.40. The van der Waals surface area contributed by atoms with E-state index in [0.29, 0.717) is 12.1 Å². The van der Waals surface area contributed by atoms with E-state index in [-0.39, 0.29) is 5.56 Å². The van der Waals surface area contributed by atoms with E-state index in [9.17, 15) is 25.5 Å². The van der Waals surface area contributed by atoms with Gasteiger partial charge in [-0.25, -0.2) is 0 Å². The molecule has 1 rings (SSSR count). The first-order chi connectivity index (χ1) is 7.62. The highest BCUT2D eigenvalue weighted by atomic mass is 32.3. The standard InChI is InChI=1S/C8H6F4O4S/c9-8(10,11)6-1-5(4-13)2-7(3-6)16-17(12,14)15/h1-3,13H,4H2. The average molecular weight is 274 g/mol. The van der Waals surface area contributed by atoms with Gasteiger partial charge in [-0.2, -0.15) is 21.6 Å². The lowest BCUT2D eigenvalue weighted by Crippen LogP contribution is -2.08. The summed E-state index contributed by atoms with van der Waals surface area (Å²) in [5.41, 5.74) is -1.50. The first kappa shape index (κ1) is 13.7.